The van der Waals surface area contributed by atoms with E-state index in [1.165, 1.54) is 22.3 Å². The van der Waals surface area contributed by atoms with Gasteiger partial charge < -0.3 is 0 Å². The zero-order valence-corrected chi connectivity index (χ0v) is 32.1. The molecule has 0 unspecified atom stereocenters. The second-order valence-electron chi connectivity index (χ2n) is 14.7. The molecular weight excluding hydrogens is 723 g/mol. The van der Waals surface area contributed by atoms with Crippen molar-refractivity contribution in [1.82, 2.24) is 0 Å². The van der Waals surface area contributed by atoms with Crippen molar-refractivity contribution < 1.29 is 33.1 Å². The summed E-state index contributed by atoms with van der Waals surface area (Å²) >= 11 is -4.97. The summed E-state index contributed by atoms with van der Waals surface area (Å²) in [5, 5.41) is 0. The Hall–Kier alpha value is -2.41. The Morgan fingerprint density at radius 3 is 0.689 bits per heavy atom. The van der Waals surface area contributed by atoms with Gasteiger partial charge >= 0.3 is 280 Å². The van der Waals surface area contributed by atoms with Crippen LogP contribution in [-0.4, -0.2) is 26.4 Å². The van der Waals surface area contributed by atoms with Crippen LogP contribution in [0.4, 0.5) is 0 Å². The fourth-order valence-corrected chi connectivity index (χ4v) is 14.7. The van der Waals surface area contributed by atoms with Gasteiger partial charge in [0.15, 0.2) is 0 Å². The minimum atomic E-state index is -4.97. The maximum atomic E-state index is 7.00. The Morgan fingerprint density at radius 2 is 0.511 bits per heavy atom. The summed E-state index contributed by atoms with van der Waals surface area (Å²) in [4.78, 5) is 0. The zero-order chi connectivity index (χ0) is 32.6. The van der Waals surface area contributed by atoms with Gasteiger partial charge in [0.05, 0.1) is 0 Å². The molecule has 4 rings (SSSR count). The normalized spacial score (nSPS) is 13.2. The summed E-state index contributed by atoms with van der Waals surface area (Å²) in [6.07, 6.45) is 0. The van der Waals surface area contributed by atoms with E-state index in [4.69, 9.17) is 11.4 Å². The number of hydrogen-bond donors (Lipinski definition) is 0. The van der Waals surface area contributed by atoms with E-state index < -0.39 is 21.7 Å². The molecule has 0 heterocycles. The molecule has 0 amide bonds. The Balaban J connectivity index is 1.69. The molecule has 0 spiro atoms. The molecule has 4 aromatic carbocycles. The molecule has 4 aromatic rings. The van der Waals surface area contributed by atoms with Gasteiger partial charge in [0.25, 0.3) is 0 Å². The maximum absolute atomic E-state index is 7.00. The number of rotatable bonds is 16. The summed E-state index contributed by atoms with van der Waals surface area (Å²) < 4.78 is 28.0. The Morgan fingerprint density at radius 1 is 0.333 bits per heavy atom. The third-order valence-electron chi connectivity index (χ3n) is 8.66. The zero-order valence-electron chi connectivity index (χ0n) is 28.5. The fourth-order valence-electron chi connectivity index (χ4n) is 5.22. The second kappa shape index (κ2) is 15.0. The predicted molar refractivity (Wildman–Crippen MR) is 182 cm³/mol. The van der Waals surface area contributed by atoms with Gasteiger partial charge in [0.2, 0.25) is 0 Å². The van der Waals surface area contributed by atoms with Crippen LogP contribution in [0.2, 0.25) is 0 Å². The fraction of sp³-hybridized carbons (Fsp3) is 0.400. The van der Waals surface area contributed by atoms with Gasteiger partial charge in [0, 0.05) is 0 Å². The number of hydrogen-bond acceptors (Lipinski definition) is 4. The van der Waals surface area contributed by atoms with E-state index in [1.807, 2.05) is 24.3 Å². The Bertz CT molecular complexity index is 1210. The SMILES string of the molecule is CC(C)(C[O][Hf]([O]CC(C)(C)c1ccccc1)([O]CC(C)(C)c1ccccc1)[O]CC(C)(C)c1ccccc1)c1ccccc1. The molecule has 0 N–H and O–H groups in total. The van der Waals surface area contributed by atoms with Crippen LogP contribution in [0.3, 0.4) is 0 Å². The first-order valence-corrected chi connectivity index (χ1v) is 21.9. The van der Waals surface area contributed by atoms with Crippen LogP contribution in [0.5, 0.6) is 0 Å². The first-order valence-electron chi connectivity index (χ1n) is 16.0. The van der Waals surface area contributed by atoms with E-state index in [-0.39, 0.29) is 21.7 Å². The molecule has 45 heavy (non-hydrogen) atoms. The van der Waals surface area contributed by atoms with Crippen molar-refractivity contribution in [2.24, 2.45) is 0 Å². The van der Waals surface area contributed by atoms with Crippen molar-refractivity contribution in [3.05, 3.63) is 144 Å². The molecule has 0 aliphatic rings. The van der Waals surface area contributed by atoms with Crippen molar-refractivity contribution >= 4 is 0 Å². The van der Waals surface area contributed by atoms with Gasteiger partial charge in [-0.1, -0.05) is 0 Å². The monoisotopic (exact) mass is 776 g/mol. The van der Waals surface area contributed by atoms with E-state index >= 15 is 0 Å². The van der Waals surface area contributed by atoms with Crippen LogP contribution in [-0.2, 0) is 54.8 Å². The van der Waals surface area contributed by atoms with Crippen molar-refractivity contribution in [3.8, 4) is 0 Å². The summed E-state index contributed by atoms with van der Waals surface area (Å²) in [6.45, 7) is 19.3. The quantitative estimate of drug-likeness (QED) is 0.106. The predicted octanol–water partition coefficient (Wildman–Crippen LogP) is 9.78. The Labute approximate surface area is 278 Å². The summed E-state index contributed by atoms with van der Waals surface area (Å²) in [6, 6.07) is 42.0. The minimum absolute atomic E-state index is 0.276. The topological polar surface area (TPSA) is 36.9 Å². The molecule has 0 fully saturated rings. The van der Waals surface area contributed by atoms with Crippen LogP contribution in [0.25, 0.3) is 0 Å². The van der Waals surface area contributed by atoms with Gasteiger partial charge in [-0.3, -0.25) is 0 Å². The summed E-state index contributed by atoms with van der Waals surface area (Å²) in [7, 11) is 0. The van der Waals surface area contributed by atoms with E-state index in [1.54, 1.807) is 0 Å². The van der Waals surface area contributed by atoms with Gasteiger partial charge in [-0.05, 0) is 0 Å². The van der Waals surface area contributed by atoms with Crippen molar-refractivity contribution in [3.63, 3.8) is 0 Å². The van der Waals surface area contributed by atoms with Crippen molar-refractivity contribution in [2.75, 3.05) is 26.4 Å². The first-order chi connectivity index (χ1) is 21.2. The molecule has 0 aromatic heterocycles. The molecule has 0 saturated heterocycles. The molecule has 0 saturated carbocycles. The summed E-state index contributed by atoms with van der Waals surface area (Å²) in [5.41, 5.74) is 3.70. The third-order valence-corrected chi connectivity index (χ3v) is 15.8. The van der Waals surface area contributed by atoms with Crippen LogP contribution in [0.1, 0.15) is 77.6 Å². The molecule has 0 aliphatic heterocycles. The molecule has 0 bridgehead atoms. The van der Waals surface area contributed by atoms with Gasteiger partial charge in [-0.25, -0.2) is 0 Å². The second-order valence-corrected chi connectivity index (χ2v) is 22.4. The van der Waals surface area contributed by atoms with E-state index in [2.05, 4.69) is 152 Å². The van der Waals surface area contributed by atoms with Crippen LogP contribution < -0.4 is 0 Å². The van der Waals surface area contributed by atoms with Crippen molar-refractivity contribution in [1.29, 1.82) is 0 Å². The van der Waals surface area contributed by atoms with E-state index in [0.29, 0.717) is 26.4 Å². The Kier molecular flexibility index (Phi) is 11.8. The van der Waals surface area contributed by atoms with Crippen LogP contribution in [0, 0.1) is 0 Å². The molecule has 0 atom stereocenters. The molecule has 5 heteroatoms. The number of benzene rings is 4. The molecule has 0 aliphatic carbocycles. The molecule has 240 valence electrons. The van der Waals surface area contributed by atoms with Gasteiger partial charge in [-0.15, -0.1) is 0 Å². The average Bonchev–Trinajstić information content (AvgIpc) is 3.06. The molecular formula is C40H52HfO4. The standard InChI is InChI=1S/4C10H13O.Hf/c4*1-10(2,8-11)9-6-4-3-5-7-9;/h4*3-7H,8H2,1-2H3;/q4*-1;+4. The molecule has 4 nitrogen and oxygen atoms in total. The van der Waals surface area contributed by atoms with E-state index in [0.717, 1.165) is 0 Å². The van der Waals surface area contributed by atoms with Crippen LogP contribution >= 0.6 is 0 Å². The van der Waals surface area contributed by atoms with Crippen LogP contribution in [0.15, 0.2) is 121 Å². The average molecular weight is 775 g/mol. The van der Waals surface area contributed by atoms with Gasteiger partial charge in [0.1, 0.15) is 0 Å². The molecule has 0 radical (unpaired) electrons. The summed E-state index contributed by atoms with van der Waals surface area (Å²) in [5.74, 6) is 0. The van der Waals surface area contributed by atoms with Crippen molar-refractivity contribution in [2.45, 2.75) is 77.0 Å². The van der Waals surface area contributed by atoms with Gasteiger partial charge in [-0.2, -0.15) is 0 Å². The van der Waals surface area contributed by atoms with E-state index in [9.17, 15) is 0 Å². The first kappa shape index (κ1) is 35.4. The third kappa shape index (κ3) is 9.79.